The molecule has 2 N–H and O–H groups in total. The summed E-state index contributed by atoms with van der Waals surface area (Å²) in [6.07, 6.45) is 1.84. The summed E-state index contributed by atoms with van der Waals surface area (Å²) in [5.41, 5.74) is 8.21. The van der Waals surface area contributed by atoms with Gasteiger partial charge >= 0.3 is 0 Å². The van der Waals surface area contributed by atoms with E-state index in [0.717, 1.165) is 20.9 Å². The Hall–Kier alpha value is -2.39. The van der Waals surface area contributed by atoms with Crippen LogP contribution in [0.2, 0.25) is 0 Å². The number of imidazole rings is 1. The summed E-state index contributed by atoms with van der Waals surface area (Å²) in [5.74, 6) is 0.443. The number of fused-ring (bicyclic) bond motifs is 1. The number of nitrogen functional groups attached to an aromatic ring is 1. The molecule has 0 aliphatic heterocycles. The molecule has 0 fully saturated rings. The third kappa shape index (κ3) is 2.04. The van der Waals surface area contributed by atoms with E-state index in [1.165, 1.54) is 0 Å². The van der Waals surface area contributed by atoms with Gasteiger partial charge < -0.3 is 10.3 Å². The number of benzene rings is 1. The first-order chi connectivity index (χ1) is 9.17. The standard InChI is InChI=1S/C13H11N5S/c1-8-6-16-12(19-8)7-18-11-4-9(5-14)2-3-10(11)17-13(18)15/h2-4,6H,7H2,1H3,(H2,15,17). The van der Waals surface area contributed by atoms with E-state index < -0.39 is 0 Å². The van der Waals surface area contributed by atoms with Crippen molar-refractivity contribution in [1.29, 1.82) is 5.26 Å². The smallest absolute Gasteiger partial charge is 0.201 e. The summed E-state index contributed by atoms with van der Waals surface area (Å²) in [7, 11) is 0. The minimum atomic E-state index is 0.443. The van der Waals surface area contributed by atoms with Crippen LogP contribution in [0.4, 0.5) is 5.95 Å². The van der Waals surface area contributed by atoms with Gasteiger partial charge in [-0.3, -0.25) is 0 Å². The molecule has 19 heavy (non-hydrogen) atoms. The Balaban J connectivity index is 2.11. The Morgan fingerprint density at radius 2 is 2.32 bits per heavy atom. The average molecular weight is 269 g/mol. The molecule has 2 heterocycles. The van der Waals surface area contributed by atoms with Crippen molar-refractivity contribution >= 4 is 28.3 Å². The molecule has 2 aromatic heterocycles. The van der Waals surface area contributed by atoms with Gasteiger partial charge in [-0.05, 0) is 25.1 Å². The topological polar surface area (TPSA) is 80.5 Å². The predicted octanol–water partition coefficient (Wildman–Crippen LogP) is 2.30. The third-order valence-electron chi connectivity index (χ3n) is 2.87. The largest absolute Gasteiger partial charge is 0.369 e. The lowest BCUT2D eigenvalue weighted by atomic mass is 10.2. The van der Waals surface area contributed by atoms with E-state index in [9.17, 15) is 0 Å². The van der Waals surface area contributed by atoms with Crippen LogP contribution in [0.15, 0.2) is 24.4 Å². The second-order valence-electron chi connectivity index (χ2n) is 4.24. The minimum absolute atomic E-state index is 0.443. The Morgan fingerprint density at radius 1 is 1.47 bits per heavy atom. The molecule has 1 aromatic carbocycles. The predicted molar refractivity (Wildman–Crippen MR) is 74.8 cm³/mol. The summed E-state index contributed by atoms with van der Waals surface area (Å²) in [6.45, 7) is 2.60. The highest BCUT2D eigenvalue weighted by Crippen LogP contribution is 2.22. The highest BCUT2D eigenvalue weighted by molar-refractivity contribution is 7.11. The van der Waals surface area contributed by atoms with Crippen molar-refractivity contribution < 1.29 is 0 Å². The first-order valence-electron chi connectivity index (χ1n) is 5.74. The molecule has 5 nitrogen and oxygen atoms in total. The lowest BCUT2D eigenvalue weighted by Crippen LogP contribution is -2.04. The highest BCUT2D eigenvalue weighted by Gasteiger charge is 2.10. The number of hydrogen-bond donors (Lipinski definition) is 1. The Bertz CT molecular complexity index is 793. The lowest BCUT2D eigenvalue weighted by molar-refractivity contribution is 0.829. The van der Waals surface area contributed by atoms with Crippen LogP contribution in [0.3, 0.4) is 0 Å². The van der Waals surface area contributed by atoms with Gasteiger partial charge in [0.2, 0.25) is 5.95 Å². The molecule has 0 atom stereocenters. The monoisotopic (exact) mass is 269 g/mol. The van der Waals surface area contributed by atoms with E-state index >= 15 is 0 Å². The van der Waals surface area contributed by atoms with Gasteiger partial charge in [0, 0.05) is 11.1 Å². The van der Waals surface area contributed by atoms with Crippen molar-refractivity contribution in [3.8, 4) is 6.07 Å². The molecular formula is C13H11N5S. The van der Waals surface area contributed by atoms with Gasteiger partial charge in [-0.1, -0.05) is 0 Å². The van der Waals surface area contributed by atoms with Crippen LogP contribution in [0.1, 0.15) is 15.4 Å². The number of nitrogens with zero attached hydrogens (tertiary/aromatic N) is 4. The Kier molecular flexibility index (Phi) is 2.69. The molecule has 0 unspecified atom stereocenters. The molecule has 0 spiro atoms. The van der Waals surface area contributed by atoms with Crippen LogP contribution in [0.25, 0.3) is 11.0 Å². The molecular weight excluding hydrogens is 258 g/mol. The minimum Gasteiger partial charge on any atom is -0.369 e. The van der Waals surface area contributed by atoms with E-state index in [1.54, 1.807) is 23.5 Å². The van der Waals surface area contributed by atoms with E-state index in [2.05, 4.69) is 16.0 Å². The number of aryl methyl sites for hydroxylation is 1. The van der Waals surface area contributed by atoms with Crippen LogP contribution in [-0.2, 0) is 6.54 Å². The molecule has 3 aromatic rings. The molecule has 0 aliphatic rings. The number of anilines is 1. The second kappa shape index (κ2) is 4.37. The van der Waals surface area contributed by atoms with Gasteiger partial charge in [0.1, 0.15) is 5.01 Å². The van der Waals surface area contributed by atoms with Crippen molar-refractivity contribution in [3.05, 3.63) is 39.8 Å². The van der Waals surface area contributed by atoms with Crippen molar-refractivity contribution in [2.75, 3.05) is 5.73 Å². The van der Waals surface area contributed by atoms with Crippen LogP contribution in [0.5, 0.6) is 0 Å². The number of thiazole rings is 1. The Morgan fingerprint density at radius 3 is 3.00 bits per heavy atom. The fourth-order valence-electron chi connectivity index (χ4n) is 1.99. The summed E-state index contributed by atoms with van der Waals surface area (Å²) in [4.78, 5) is 9.79. The van der Waals surface area contributed by atoms with E-state index in [1.807, 2.05) is 23.8 Å². The summed E-state index contributed by atoms with van der Waals surface area (Å²) < 4.78 is 1.88. The van der Waals surface area contributed by atoms with Crippen LogP contribution >= 0.6 is 11.3 Å². The molecule has 0 aliphatic carbocycles. The fraction of sp³-hybridized carbons (Fsp3) is 0.154. The number of nitriles is 1. The third-order valence-corrected chi connectivity index (χ3v) is 3.77. The van der Waals surface area contributed by atoms with Gasteiger partial charge in [-0.2, -0.15) is 5.26 Å². The lowest BCUT2D eigenvalue weighted by Gasteiger charge is -2.03. The maximum atomic E-state index is 8.97. The number of nitrogens with two attached hydrogens (primary N) is 1. The first kappa shape index (κ1) is 11.7. The van der Waals surface area contributed by atoms with Crippen molar-refractivity contribution in [3.63, 3.8) is 0 Å². The molecule has 6 heteroatoms. The molecule has 94 valence electrons. The molecule has 0 bridgehead atoms. The van der Waals surface area contributed by atoms with Crippen molar-refractivity contribution in [2.24, 2.45) is 0 Å². The molecule has 3 rings (SSSR count). The summed E-state index contributed by atoms with van der Waals surface area (Å²) >= 11 is 1.63. The van der Waals surface area contributed by atoms with Crippen molar-refractivity contribution in [1.82, 2.24) is 14.5 Å². The van der Waals surface area contributed by atoms with E-state index in [-0.39, 0.29) is 0 Å². The van der Waals surface area contributed by atoms with Gasteiger partial charge in [-0.25, -0.2) is 9.97 Å². The maximum absolute atomic E-state index is 8.97. The second-order valence-corrected chi connectivity index (χ2v) is 5.56. The van der Waals surface area contributed by atoms with Gasteiger partial charge in [0.15, 0.2) is 0 Å². The quantitative estimate of drug-likeness (QED) is 0.774. The number of rotatable bonds is 2. The van der Waals surface area contributed by atoms with Gasteiger partial charge in [-0.15, -0.1) is 11.3 Å². The first-order valence-corrected chi connectivity index (χ1v) is 6.56. The highest BCUT2D eigenvalue weighted by atomic mass is 32.1. The molecule has 0 amide bonds. The Labute approximate surface area is 113 Å². The van der Waals surface area contributed by atoms with Crippen molar-refractivity contribution in [2.45, 2.75) is 13.5 Å². The van der Waals surface area contributed by atoms with Crippen LogP contribution < -0.4 is 5.73 Å². The zero-order chi connectivity index (χ0) is 13.4. The molecule has 0 saturated heterocycles. The van der Waals surface area contributed by atoms with Crippen LogP contribution in [-0.4, -0.2) is 14.5 Å². The van der Waals surface area contributed by atoms with E-state index in [0.29, 0.717) is 18.1 Å². The van der Waals surface area contributed by atoms with Gasteiger partial charge in [0.05, 0.1) is 29.2 Å². The number of aromatic nitrogens is 3. The van der Waals surface area contributed by atoms with Crippen LogP contribution in [0, 0.1) is 18.3 Å². The summed E-state index contributed by atoms with van der Waals surface area (Å²) in [6, 6.07) is 7.49. The SMILES string of the molecule is Cc1cnc(Cn2c(N)nc3ccc(C#N)cc32)s1. The molecule has 0 radical (unpaired) electrons. The number of hydrogen-bond acceptors (Lipinski definition) is 5. The zero-order valence-electron chi connectivity index (χ0n) is 10.3. The van der Waals surface area contributed by atoms with Gasteiger partial charge in [0.25, 0.3) is 0 Å². The fourth-order valence-corrected chi connectivity index (χ4v) is 2.76. The average Bonchev–Trinajstić information content (AvgIpc) is 2.94. The van der Waals surface area contributed by atoms with E-state index in [4.69, 9.17) is 11.0 Å². The summed E-state index contributed by atoms with van der Waals surface area (Å²) in [5, 5.41) is 9.94. The maximum Gasteiger partial charge on any atom is 0.201 e. The molecule has 0 saturated carbocycles. The normalized spacial score (nSPS) is 10.7. The zero-order valence-corrected chi connectivity index (χ0v) is 11.1.